The number of rotatable bonds is 23. The number of nitrogens with two attached hydrogens (primary N) is 1. The number of carbonyl (C=O) groups is 3. The lowest BCUT2D eigenvalue weighted by Crippen LogP contribution is -2.33. The second kappa shape index (κ2) is 55.6. The molecule has 0 heterocycles. The van der Waals surface area contributed by atoms with E-state index in [2.05, 4.69) is 97.1 Å². The summed E-state index contributed by atoms with van der Waals surface area (Å²) >= 11 is 0. The zero-order valence-electron chi connectivity index (χ0n) is 53.6. The van der Waals surface area contributed by atoms with Crippen LogP contribution >= 0.6 is 0 Å². The molecular weight excluding hydrogens is 993 g/mol. The summed E-state index contributed by atoms with van der Waals surface area (Å²) in [6, 6.07) is 9.61. The molecule has 7 N–H and O–H groups in total. The smallest absolute Gasteiger partial charge is 0.411 e. The van der Waals surface area contributed by atoms with Crippen LogP contribution in [-0.4, -0.2) is 60.6 Å². The van der Waals surface area contributed by atoms with Gasteiger partial charge in [-0.15, -0.1) is 0 Å². The summed E-state index contributed by atoms with van der Waals surface area (Å²) in [4.78, 5) is 34.3. The highest BCUT2D eigenvalue weighted by Crippen LogP contribution is 2.25. The van der Waals surface area contributed by atoms with Crippen molar-refractivity contribution in [3.8, 4) is 0 Å². The molecule has 0 aromatic heterocycles. The molecule has 0 saturated heterocycles. The Balaban J connectivity index is -0.000000500. The molecule has 2 saturated carbocycles. The van der Waals surface area contributed by atoms with E-state index in [0.29, 0.717) is 6.42 Å². The van der Waals surface area contributed by atoms with Crippen molar-refractivity contribution in [3.05, 3.63) is 129 Å². The molecule has 0 aliphatic heterocycles. The third-order valence-corrected chi connectivity index (χ3v) is 11.9. The van der Waals surface area contributed by atoms with Gasteiger partial charge in [0.1, 0.15) is 18.1 Å². The van der Waals surface area contributed by atoms with Gasteiger partial charge < -0.3 is 40.3 Å². The van der Waals surface area contributed by atoms with E-state index < -0.39 is 6.09 Å². The first-order valence-corrected chi connectivity index (χ1v) is 29.5. The maximum atomic E-state index is 12.4. The maximum absolute atomic E-state index is 12.4. The van der Waals surface area contributed by atoms with Crippen LogP contribution in [0.2, 0.25) is 0 Å². The molecule has 2 fully saturated rings. The number of amides is 1. The summed E-state index contributed by atoms with van der Waals surface area (Å²) in [7, 11) is 9.91. The highest BCUT2D eigenvalue weighted by Gasteiger charge is 2.22. The average Bonchev–Trinajstić information content (AvgIpc) is 3.47. The first-order valence-electron chi connectivity index (χ1n) is 29.5. The van der Waals surface area contributed by atoms with E-state index in [4.69, 9.17) is 19.9 Å². The summed E-state index contributed by atoms with van der Waals surface area (Å²) in [5.41, 5.74) is 26.8. The van der Waals surface area contributed by atoms with E-state index in [9.17, 15) is 14.4 Å². The Morgan fingerprint density at radius 2 is 0.949 bits per heavy atom. The third-order valence-electron chi connectivity index (χ3n) is 11.9. The molecule has 1 amide bonds. The number of nitrogens with one attached hydrogen (secondary N) is 5. The van der Waals surface area contributed by atoms with Crippen molar-refractivity contribution in [2.24, 2.45) is 17.6 Å². The van der Waals surface area contributed by atoms with Gasteiger partial charge in [0.2, 0.25) is 0 Å². The van der Waals surface area contributed by atoms with Crippen LogP contribution in [0.1, 0.15) is 212 Å². The van der Waals surface area contributed by atoms with E-state index in [1.807, 2.05) is 110 Å². The van der Waals surface area contributed by atoms with Gasteiger partial charge in [-0.25, -0.2) is 15.6 Å². The molecule has 14 nitrogen and oxygen atoms in total. The van der Waals surface area contributed by atoms with Gasteiger partial charge in [0.15, 0.2) is 0 Å². The Morgan fingerprint density at radius 1 is 0.557 bits per heavy atom. The summed E-state index contributed by atoms with van der Waals surface area (Å²) in [6.45, 7) is 28.9. The lowest BCUT2D eigenvalue weighted by atomic mass is 9.89. The predicted octanol–water partition coefficient (Wildman–Crippen LogP) is 15.9. The molecule has 0 spiro atoms. The van der Waals surface area contributed by atoms with Crippen LogP contribution < -0.4 is 32.8 Å². The van der Waals surface area contributed by atoms with Crippen molar-refractivity contribution >= 4 is 18.0 Å². The van der Waals surface area contributed by atoms with Crippen LogP contribution in [0, 0.1) is 11.8 Å². The number of hydrazine groups is 2. The number of esters is 2. The number of benzene rings is 1. The van der Waals surface area contributed by atoms with Crippen molar-refractivity contribution in [3.63, 3.8) is 0 Å². The van der Waals surface area contributed by atoms with Gasteiger partial charge in [0, 0.05) is 25.5 Å². The Labute approximate surface area is 483 Å². The highest BCUT2D eigenvalue weighted by molar-refractivity contribution is 5.72. The molecule has 2 aliphatic rings. The van der Waals surface area contributed by atoms with Gasteiger partial charge in [-0.2, -0.15) is 0 Å². The van der Waals surface area contributed by atoms with Crippen LogP contribution in [0.5, 0.6) is 0 Å². The quantitative estimate of drug-likeness (QED) is 0.0200. The highest BCUT2D eigenvalue weighted by atomic mass is 16.5. The number of carbonyl (C=O) groups excluding carboxylic acids is 3. The number of allylic oxidation sites excluding steroid dienone is 12. The molecule has 0 atom stereocenters. The van der Waals surface area contributed by atoms with Gasteiger partial charge in [-0.3, -0.25) is 14.9 Å². The third kappa shape index (κ3) is 39.3. The number of hydrogen-bond donors (Lipinski definition) is 6. The molecule has 1 aromatic carbocycles. The topological polar surface area (TPSA) is 184 Å². The average molecular weight is 1110 g/mol. The van der Waals surface area contributed by atoms with E-state index in [-0.39, 0.29) is 30.4 Å². The SMILES string of the molecule is CC.CC.CC/C=C(C)/C(=C\C=C(C)\C(NNC)=C(/N)CCC)OC.CC/C=C(C)/C(=C\C=C(C)\C(NNC)=C(\CCC)NC(=O)OCc1ccccc1)OC.CCC.COC(=O)C1CCCCC1.COC(=O)C1CCCCC1. The first-order chi connectivity index (χ1) is 38.1. The second-order valence-corrected chi connectivity index (χ2v) is 18.4. The summed E-state index contributed by atoms with van der Waals surface area (Å²) in [5, 5.41) is 2.91. The number of ether oxygens (including phenoxy) is 5. The second-order valence-electron chi connectivity index (χ2n) is 18.4. The fourth-order valence-corrected chi connectivity index (χ4v) is 7.98. The Morgan fingerprint density at radius 3 is 1.30 bits per heavy atom. The van der Waals surface area contributed by atoms with Crippen LogP contribution in [-0.2, 0) is 39.9 Å². The molecular formula is C65H116N6O8. The summed E-state index contributed by atoms with van der Waals surface area (Å²) < 4.78 is 25.6. The van der Waals surface area contributed by atoms with E-state index in [0.717, 1.165) is 120 Å². The summed E-state index contributed by atoms with van der Waals surface area (Å²) in [6.07, 6.45) is 29.8. The maximum Gasteiger partial charge on any atom is 0.411 e. The van der Waals surface area contributed by atoms with Crippen molar-refractivity contribution in [2.45, 2.75) is 213 Å². The number of methoxy groups -OCH3 is 4. The lowest BCUT2D eigenvalue weighted by Gasteiger charge is -2.18. The monoisotopic (exact) mass is 1110 g/mol. The standard InChI is InChI=1S/C25H37N3O3.C17H31N3O.2C8H14O2.C3H8.2C2H6/c1-7-12-19(3)23(30-6)17-16-20(4)24(28-26-5)22(13-8-2)27-25(29)31-18-21-14-10-9-11-15-21;1-7-9-13(3)16(21-6)12-11-14(4)17(20-19-5)15(18)10-8-2;2*1-10-8(9)7-5-3-2-4-6-7;1-3-2;2*1-2/h9-12,14-17,26,28H,7-8,13,18H2,1-6H3,(H,27,29);9,11-12,19-20H,7-8,10,18H2,1-6H3;2*7H,2-6H2,1H3;3H2,1-2H3;2*1-2H3/b19-12+,20-16+,23-17+,24-22+;13-9+,14-11+,16-12+,17-15+;;;;;. The molecule has 454 valence electrons. The fourth-order valence-electron chi connectivity index (χ4n) is 7.98. The van der Waals surface area contributed by atoms with Crippen molar-refractivity contribution in [1.82, 2.24) is 27.0 Å². The molecule has 0 unspecified atom stereocenters. The Hall–Kier alpha value is -5.73. The zero-order valence-corrected chi connectivity index (χ0v) is 53.6. The largest absolute Gasteiger partial charge is 0.497 e. The van der Waals surface area contributed by atoms with Gasteiger partial charge in [0.05, 0.1) is 51.7 Å². The zero-order chi connectivity index (χ0) is 60.8. The van der Waals surface area contributed by atoms with Crippen LogP contribution in [0.3, 0.4) is 0 Å². The molecule has 1 aromatic rings. The van der Waals surface area contributed by atoms with Gasteiger partial charge in [-0.1, -0.05) is 182 Å². The number of alkyl carbamates (subject to hydrolysis) is 1. The first kappa shape index (κ1) is 79.8. The normalized spacial score (nSPS) is 14.8. The minimum atomic E-state index is -0.481. The molecule has 0 radical (unpaired) electrons. The van der Waals surface area contributed by atoms with Crippen LogP contribution in [0.4, 0.5) is 4.79 Å². The molecule has 3 rings (SSSR count). The predicted molar refractivity (Wildman–Crippen MR) is 334 cm³/mol. The lowest BCUT2D eigenvalue weighted by molar-refractivity contribution is -0.147. The van der Waals surface area contributed by atoms with Crippen molar-refractivity contribution in [2.75, 3.05) is 42.5 Å². The molecule has 2 aliphatic carbocycles. The minimum absolute atomic E-state index is 0.0142. The van der Waals surface area contributed by atoms with Gasteiger partial charge in [-0.05, 0) is 119 Å². The Bertz CT molecular complexity index is 1940. The van der Waals surface area contributed by atoms with Gasteiger partial charge in [0.25, 0.3) is 0 Å². The van der Waals surface area contributed by atoms with Gasteiger partial charge >= 0.3 is 18.0 Å². The van der Waals surface area contributed by atoms with Crippen molar-refractivity contribution < 1.29 is 38.1 Å². The van der Waals surface area contributed by atoms with E-state index >= 15 is 0 Å². The van der Waals surface area contributed by atoms with Crippen LogP contribution in [0.15, 0.2) is 123 Å². The summed E-state index contributed by atoms with van der Waals surface area (Å²) in [5.74, 6) is 2.06. The molecule has 14 heteroatoms. The minimum Gasteiger partial charge on any atom is -0.497 e. The Kier molecular flexibility index (Phi) is 56.1. The van der Waals surface area contributed by atoms with Crippen molar-refractivity contribution in [1.29, 1.82) is 0 Å². The van der Waals surface area contributed by atoms with E-state index in [1.165, 1.54) is 59.2 Å². The van der Waals surface area contributed by atoms with E-state index in [1.54, 1.807) is 21.3 Å². The fraction of sp³-hybridized carbons (Fsp3) is 0.615. The van der Waals surface area contributed by atoms with Crippen LogP contribution in [0.25, 0.3) is 0 Å². The number of hydrogen-bond acceptors (Lipinski definition) is 13. The molecule has 0 bridgehead atoms. The molecule has 79 heavy (non-hydrogen) atoms.